The summed E-state index contributed by atoms with van der Waals surface area (Å²) in [5.41, 5.74) is 0.673. The zero-order chi connectivity index (χ0) is 14.7. The predicted octanol–water partition coefficient (Wildman–Crippen LogP) is 2.04. The first-order chi connectivity index (χ1) is 9.58. The van der Waals surface area contributed by atoms with Crippen LogP contribution in [0.25, 0.3) is 6.08 Å². The van der Waals surface area contributed by atoms with Gasteiger partial charge in [-0.1, -0.05) is 0 Å². The van der Waals surface area contributed by atoms with Crippen LogP contribution in [0.3, 0.4) is 0 Å². The number of hydrogen-bond donors (Lipinski definition) is 1. The quantitative estimate of drug-likeness (QED) is 0.857. The van der Waals surface area contributed by atoms with E-state index in [1.54, 1.807) is 18.2 Å². The van der Waals surface area contributed by atoms with E-state index in [1.165, 1.54) is 21.3 Å². The van der Waals surface area contributed by atoms with Gasteiger partial charge in [0.05, 0.1) is 26.2 Å². The number of amides is 2. The molecule has 7 heteroatoms. The van der Waals surface area contributed by atoms with Gasteiger partial charge >= 0.3 is 0 Å². The number of carbonyl (C=O) groups excluding carboxylic acids is 2. The Balaban J connectivity index is 2.45. The second kappa shape index (κ2) is 5.87. The summed E-state index contributed by atoms with van der Waals surface area (Å²) in [6.45, 7) is 0. The van der Waals surface area contributed by atoms with Crippen molar-refractivity contribution in [1.82, 2.24) is 5.32 Å². The van der Waals surface area contributed by atoms with Crippen molar-refractivity contribution in [3.63, 3.8) is 0 Å². The maximum absolute atomic E-state index is 11.5. The number of imide groups is 1. The zero-order valence-corrected chi connectivity index (χ0v) is 12.0. The van der Waals surface area contributed by atoms with Crippen LogP contribution in [0.2, 0.25) is 0 Å². The highest BCUT2D eigenvalue weighted by molar-refractivity contribution is 8.18. The van der Waals surface area contributed by atoms with Gasteiger partial charge in [0.2, 0.25) is 5.75 Å². The summed E-state index contributed by atoms with van der Waals surface area (Å²) < 4.78 is 15.7. The lowest BCUT2D eigenvalue weighted by atomic mass is 10.1. The number of hydrogen-bond acceptors (Lipinski definition) is 6. The summed E-state index contributed by atoms with van der Waals surface area (Å²) >= 11 is 0.854. The maximum Gasteiger partial charge on any atom is 0.290 e. The number of thioether (sulfide) groups is 1. The Labute approximate surface area is 120 Å². The number of benzene rings is 1. The van der Waals surface area contributed by atoms with Crippen LogP contribution < -0.4 is 19.5 Å². The molecule has 106 valence electrons. The van der Waals surface area contributed by atoms with Gasteiger partial charge in [0.1, 0.15) is 0 Å². The molecule has 1 N–H and O–H groups in total. The number of nitrogens with one attached hydrogen (secondary N) is 1. The lowest BCUT2D eigenvalue weighted by molar-refractivity contribution is -0.115. The van der Waals surface area contributed by atoms with Crippen molar-refractivity contribution in [3.05, 3.63) is 22.6 Å². The molecule has 2 rings (SSSR count). The maximum atomic E-state index is 11.5. The fraction of sp³-hybridized carbons (Fsp3) is 0.231. The SMILES string of the molecule is COc1cc(C=C2SC(=O)NC2=O)cc(OC)c1OC. The summed E-state index contributed by atoms with van der Waals surface area (Å²) in [7, 11) is 4.53. The van der Waals surface area contributed by atoms with Crippen molar-refractivity contribution in [2.75, 3.05) is 21.3 Å². The van der Waals surface area contributed by atoms with Crippen molar-refractivity contribution in [1.29, 1.82) is 0 Å². The summed E-state index contributed by atoms with van der Waals surface area (Å²) in [5.74, 6) is 1.02. The Kier molecular flexibility index (Phi) is 4.19. The van der Waals surface area contributed by atoms with E-state index in [9.17, 15) is 9.59 Å². The van der Waals surface area contributed by atoms with E-state index >= 15 is 0 Å². The third kappa shape index (κ3) is 2.72. The van der Waals surface area contributed by atoms with Crippen molar-refractivity contribution < 1.29 is 23.8 Å². The summed E-state index contributed by atoms with van der Waals surface area (Å²) in [5, 5.41) is 1.82. The first-order valence-corrected chi connectivity index (χ1v) is 6.45. The minimum Gasteiger partial charge on any atom is -0.493 e. The van der Waals surface area contributed by atoms with Crippen LogP contribution in [0, 0.1) is 0 Å². The molecular formula is C13H13NO5S. The van der Waals surface area contributed by atoms with E-state index in [4.69, 9.17) is 14.2 Å². The van der Waals surface area contributed by atoms with E-state index in [-0.39, 0.29) is 5.24 Å². The Morgan fingerprint density at radius 2 is 1.65 bits per heavy atom. The molecule has 1 aromatic rings. The number of carbonyl (C=O) groups is 2. The molecule has 1 aromatic carbocycles. The molecular weight excluding hydrogens is 282 g/mol. The van der Waals surface area contributed by atoms with Gasteiger partial charge in [-0.3, -0.25) is 14.9 Å². The molecule has 0 aliphatic carbocycles. The third-order valence-electron chi connectivity index (χ3n) is 2.63. The molecule has 20 heavy (non-hydrogen) atoms. The normalized spacial score (nSPS) is 16.2. The molecule has 6 nitrogen and oxygen atoms in total. The van der Waals surface area contributed by atoms with Crippen LogP contribution in [0.5, 0.6) is 17.2 Å². The Bertz CT molecular complexity index is 571. The molecule has 1 aliphatic rings. The van der Waals surface area contributed by atoms with Gasteiger partial charge in [-0.2, -0.15) is 0 Å². The van der Waals surface area contributed by atoms with Gasteiger partial charge in [-0.15, -0.1) is 0 Å². The van der Waals surface area contributed by atoms with E-state index in [0.717, 1.165) is 11.8 Å². The fourth-order valence-electron chi connectivity index (χ4n) is 1.76. The van der Waals surface area contributed by atoms with Crippen LogP contribution in [-0.4, -0.2) is 32.5 Å². The van der Waals surface area contributed by atoms with Gasteiger partial charge in [-0.25, -0.2) is 0 Å². The number of methoxy groups -OCH3 is 3. The minimum atomic E-state index is -0.409. The predicted molar refractivity (Wildman–Crippen MR) is 75.2 cm³/mol. The molecule has 2 amide bonds. The average molecular weight is 295 g/mol. The molecule has 1 fully saturated rings. The molecule has 1 saturated heterocycles. The first kappa shape index (κ1) is 14.3. The second-order valence-electron chi connectivity index (χ2n) is 3.81. The summed E-state index contributed by atoms with van der Waals surface area (Å²) in [6, 6.07) is 3.40. The van der Waals surface area contributed by atoms with Crippen molar-refractivity contribution >= 4 is 29.0 Å². The highest BCUT2D eigenvalue weighted by Crippen LogP contribution is 2.39. The van der Waals surface area contributed by atoms with E-state index in [0.29, 0.717) is 27.7 Å². The van der Waals surface area contributed by atoms with E-state index in [1.807, 2.05) is 0 Å². The van der Waals surface area contributed by atoms with Crippen molar-refractivity contribution in [3.8, 4) is 17.2 Å². The Morgan fingerprint density at radius 3 is 2.05 bits per heavy atom. The fourth-order valence-corrected chi connectivity index (χ4v) is 2.44. The highest BCUT2D eigenvalue weighted by Gasteiger charge is 2.25. The van der Waals surface area contributed by atoms with Crippen LogP contribution >= 0.6 is 11.8 Å². The van der Waals surface area contributed by atoms with Crippen LogP contribution in [0.4, 0.5) is 4.79 Å². The Morgan fingerprint density at radius 1 is 1.05 bits per heavy atom. The minimum absolute atomic E-state index is 0.323. The molecule has 1 aliphatic heterocycles. The standard InChI is InChI=1S/C13H13NO5S/c1-17-8-4-7(5-9(18-2)11(8)19-3)6-10-12(15)14-13(16)20-10/h4-6H,1-3H3,(H,14,15,16). The third-order valence-corrected chi connectivity index (χ3v) is 3.44. The lowest BCUT2D eigenvalue weighted by Gasteiger charge is -2.12. The van der Waals surface area contributed by atoms with Gasteiger partial charge in [0.15, 0.2) is 11.5 Å². The topological polar surface area (TPSA) is 73.9 Å². The zero-order valence-electron chi connectivity index (χ0n) is 11.2. The molecule has 0 unspecified atom stereocenters. The van der Waals surface area contributed by atoms with Crippen LogP contribution in [0.15, 0.2) is 17.0 Å². The lowest BCUT2D eigenvalue weighted by Crippen LogP contribution is -2.17. The molecule has 0 radical (unpaired) electrons. The summed E-state index contributed by atoms with van der Waals surface area (Å²) in [6.07, 6.45) is 1.59. The number of ether oxygens (including phenoxy) is 3. The van der Waals surface area contributed by atoms with Crippen molar-refractivity contribution in [2.24, 2.45) is 0 Å². The smallest absolute Gasteiger partial charge is 0.290 e. The van der Waals surface area contributed by atoms with Crippen molar-refractivity contribution in [2.45, 2.75) is 0 Å². The number of rotatable bonds is 4. The van der Waals surface area contributed by atoms with Crippen LogP contribution in [0.1, 0.15) is 5.56 Å². The molecule has 0 atom stereocenters. The van der Waals surface area contributed by atoms with E-state index < -0.39 is 5.91 Å². The van der Waals surface area contributed by atoms with Gasteiger partial charge in [0.25, 0.3) is 11.1 Å². The Hall–Kier alpha value is -2.15. The van der Waals surface area contributed by atoms with Crippen LogP contribution in [-0.2, 0) is 4.79 Å². The van der Waals surface area contributed by atoms with E-state index in [2.05, 4.69) is 5.32 Å². The van der Waals surface area contributed by atoms with Gasteiger partial charge < -0.3 is 14.2 Å². The molecule has 0 bridgehead atoms. The van der Waals surface area contributed by atoms with Gasteiger partial charge in [0, 0.05) is 0 Å². The summed E-state index contributed by atoms with van der Waals surface area (Å²) in [4.78, 5) is 23.0. The second-order valence-corrected chi connectivity index (χ2v) is 4.83. The highest BCUT2D eigenvalue weighted by atomic mass is 32.2. The largest absolute Gasteiger partial charge is 0.493 e. The molecule has 0 spiro atoms. The average Bonchev–Trinajstić information content (AvgIpc) is 2.75. The molecule has 0 aromatic heterocycles. The molecule has 1 heterocycles. The molecule has 0 saturated carbocycles. The van der Waals surface area contributed by atoms with Gasteiger partial charge in [-0.05, 0) is 35.5 Å². The monoisotopic (exact) mass is 295 g/mol. The first-order valence-electron chi connectivity index (χ1n) is 5.64.